The maximum absolute atomic E-state index is 12.8. The summed E-state index contributed by atoms with van der Waals surface area (Å²) in [5.41, 5.74) is 5.78. The monoisotopic (exact) mass is 437 g/mol. The van der Waals surface area contributed by atoms with Crippen LogP contribution in [0.4, 0.5) is 0 Å². The lowest BCUT2D eigenvalue weighted by atomic mass is 9.99. The van der Waals surface area contributed by atoms with Gasteiger partial charge in [0.25, 0.3) is 0 Å². The molecule has 34 heavy (non-hydrogen) atoms. The molecule has 2 heterocycles. The van der Waals surface area contributed by atoms with Crippen molar-refractivity contribution in [2.45, 2.75) is 0 Å². The zero-order valence-corrected chi connectivity index (χ0v) is 18.2. The molecule has 0 aliphatic heterocycles. The molecule has 0 atom stereocenters. The number of aromatic nitrogens is 1. The van der Waals surface area contributed by atoms with Crippen LogP contribution >= 0.6 is 0 Å². The summed E-state index contributed by atoms with van der Waals surface area (Å²) in [6.07, 6.45) is 0. The Morgan fingerprint density at radius 2 is 1.15 bits per heavy atom. The minimum atomic E-state index is -0.310. The van der Waals surface area contributed by atoms with Crippen molar-refractivity contribution in [1.82, 2.24) is 4.57 Å². The van der Waals surface area contributed by atoms with Crippen LogP contribution in [-0.2, 0) is 0 Å². The highest BCUT2D eigenvalue weighted by molar-refractivity contribution is 6.10. The average Bonchev–Trinajstić information content (AvgIpc) is 3.23. The highest BCUT2D eigenvalue weighted by atomic mass is 16.4. The smallest absolute Gasteiger partial charge is 0.344 e. The van der Waals surface area contributed by atoms with Crippen molar-refractivity contribution in [3.63, 3.8) is 0 Å². The van der Waals surface area contributed by atoms with Crippen LogP contribution in [0.5, 0.6) is 0 Å². The Morgan fingerprint density at radius 1 is 0.500 bits per heavy atom. The van der Waals surface area contributed by atoms with Gasteiger partial charge in [0.1, 0.15) is 5.58 Å². The van der Waals surface area contributed by atoms with E-state index in [2.05, 4.69) is 77.4 Å². The Labute approximate surface area is 195 Å². The van der Waals surface area contributed by atoms with Gasteiger partial charge in [-0.15, -0.1) is 0 Å². The first-order valence-corrected chi connectivity index (χ1v) is 11.3. The standard InChI is InChI=1S/C31H19NO2/c33-31-27-18-20(14-16-23(27)26-11-5-7-13-30(26)34-31)21-15-17-25-24-10-4-6-12-28(24)32(29(25)19-21)22-8-2-1-3-9-22/h1-19H. The Morgan fingerprint density at radius 3 is 2.00 bits per heavy atom. The Kier molecular flexibility index (Phi) is 4.00. The maximum Gasteiger partial charge on any atom is 0.344 e. The van der Waals surface area contributed by atoms with E-state index in [4.69, 9.17) is 4.42 Å². The van der Waals surface area contributed by atoms with Crippen LogP contribution in [-0.4, -0.2) is 4.57 Å². The lowest BCUT2D eigenvalue weighted by molar-refractivity contribution is 0.569. The lowest BCUT2D eigenvalue weighted by Gasteiger charge is -2.09. The molecule has 3 nitrogen and oxygen atoms in total. The Hall–Kier alpha value is -4.63. The van der Waals surface area contributed by atoms with E-state index in [1.807, 2.05) is 42.5 Å². The quantitative estimate of drug-likeness (QED) is 0.205. The molecule has 0 radical (unpaired) electrons. The van der Waals surface area contributed by atoms with Gasteiger partial charge in [-0.1, -0.05) is 78.9 Å². The minimum absolute atomic E-state index is 0.310. The summed E-state index contributed by atoms with van der Waals surface area (Å²) in [4.78, 5) is 12.8. The molecule has 160 valence electrons. The molecular formula is C31H19NO2. The molecule has 0 saturated heterocycles. The highest BCUT2D eigenvalue weighted by Gasteiger charge is 2.14. The van der Waals surface area contributed by atoms with E-state index in [-0.39, 0.29) is 5.63 Å². The number of hydrogen-bond donors (Lipinski definition) is 0. The average molecular weight is 437 g/mol. The van der Waals surface area contributed by atoms with Gasteiger partial charge in [0, 0.05) is 21.8 Å². The summed E-state index contributed by atoms with van der Waals surface area (Å²) >= 11 is 0. The second kappa shape index (κ2) is 7.19. The van der Waals surface area contributed by atoms with Gasteiger partial charge in [-0.3, -0.25) is 0 Å². The summed E-state index contributed by atoms with van der Waals surface area (Å²) in [6, 6.07) is 39.2. The second-order valence-electron chi connectivity index (χ2n) is 8.57. The molecule has 7 rings (SSSR count). The number of hydrogen-bond acceptors (Lipinski definition) is 2. The van der Waals surface area contributed by atoms with Crippen molar-refractivity contribution in [2.24, 2.45) is 0 Å². The molecule has 0 aliphatic carbocycles. The fourth-order valence-corrected chi connectivity index (χ4v) is 5.07. The molecule has 2 aromatic heterocycles. The first kappa shape index (κ1) is 18.9. The Balaban J connectivity index is 1.50. The predicted octanol–water partition coefficient (Wildman–Crippen LogP) is 7.71. The van der Waals surface area contributed by atoms with E-state index in [0.717, 1.165) is 33.1 Å². The van der Waals surface area contributed by atoms with E-state index in [1.54, 1.807) is 0 Å². The largest absolute Gasteiger partial charge is 0.422 e. The van der Waals surface area contributed by atoms with Crippen molar-refractivity contribution in [3.05, 3.63) is 126 Å². The van der Waals surface area contributed by atoms with Crippen LogP contribution in [0.3, 0.4) is 0 Å². The molecule has 0 amide bonds. The van der Waals surface area contributed by atoms with Crippen LogP contribution in [0.1, 0.15) is 0 Å². The van der Waals surface area contributed by atoms with E-state index in [1.165, 1.54) is 16.3 Å². The first-order chi connectivity index (χ1) is 16.8. The van der Waals surface area contributed by atoms with Gasteiger partial charge in [0.2, 0.25) is 0 Å². The van der Waals surface area contributed by atoms with Crippen LogP contribution in [0, 0.1) is 0 Å². The molecular weight excluding hydrogens is 418 g/mol. The third-order valence-electron chi connectivity index (χ3n) is 6.64. The van der Waals surface area contributed by atoms with Crippen LogP contribution in [0.15, 0.2) is 124 Å². The third kappa shape index (κ3) is 2.74. The van der Waals surface area contributed by atoms with Crippen LogP contribution in [0.25, 0.3) is 60.4 Å². The third-order valence-corrected chi connectivity index (χ3v) is 6.64. The molecule has 0 bridgehead atoms. The maximum atomic E-state index is 12.8. The topological polar surface area (TPSA) is 35.1 Å². The van der Waals surface area contributed by atoms with Crippen LogP contribution in [0.2, 0.25) is 0 Å². The van der Waals surface area contributed by atoms with Crippen LogP contribution < -0.4 is 5.63 Å². The van der Waals surface area contributed by atoms with Crippen molar-refractivity contribution in [1.29, 1.82) is 0 Å². The predicted molar refractivity (Wildman–Crippen MR) is 140 cm³/mol. The summed E-state index contributed by atoms with van der Waals surface area (Å²) in [5, 5.41) is 4.88. The summed E-state index contributed by atoms with van der Waals surface area (Å²) in [5.74, 6) is 0. The van der Waals surface area contributed by atoms with Gasteiger partial charge in [-0.2, -0.15) is 0 Å². The lowest BCUT2D eigenvalue weighted by Crippen LogP contribution is -2.00. The fourth-order valence-electron chi connectivity index (χ4n) is 5.07. The van der Waals surface area contributed by atoms with Crippen molar-refractivity contribution in [3.8, 4) is 16.8 Å². The van der Waals surface area contributed by atoms with Gasteiger partial charge in [0.15, 0.2) is 0 Å². The molecule has 0 saturated carbocycles. The number of rotatable bonds is 2. The normalized spacial score (nSPS) is 11.6. The van der Waals surface area contributed by atoms with Crippen molar-refractivity contribution < 1.29 is 4.42 Å². The highest BCUT2D eigenvalue weighted by Crippen LogP contribution is 2.35. The van der Waals surface area contributed by atoms with E-state index < -0.39 is 0 Å². The molecule has 0 N–H and O–H groups in total. The van der Waals surface area contributed by atoms with Gasteiger partial charge in [-0.05, 0) is 52.9 Å². The van der Waals surface area contributed by atoms with Crippen molar-refractivity contribution >= 4 is 43.5 Å². The summed E-state index contributed by atoms with van der Waals surface area (Å²) < 4.78 is 7.90. The van der Waals surface area contributed by atoms with Gasteiger partial charge in [0.05, 0.1) is 16.4 Å². The molecule has 0 unspecified atom stereocenters. The fraction of sp³-hybridized carbons (Fsp3) is 0. The van der Waals surface area contributed by atoms with Gasteiger partial charge < -0.3 is 8.98 Å². The van der Waals surface area contributed by atoms with Gasteiger partial charge in [-0.25, -0.2) is 4.79 Å². The number of benzene rings is 5. The number of nitrogens with zero attached hydrogens (tertiary/aromatic N) is 1. The zero-order chi connectivity index (χ0) is 22.6. The summed E-state index contributed by atoms with van der Waals surface area (Å²) in [7, 11) is 0. The Bertz CT molecular complexity index is 1930. The second-order valence-corrected chi connectivity index (χ2v) is 8.57. The molecule has 5 aromatic carbocycles. The zero-order valence-electron chi connectivity index (χ0n) is 18.2. The van der Waals surface area contributed by atoms with E-state index >= 15 is 0 Å². The van der Waals surface area contributed by atoms with Crippen molar-refractivity contribution in [2.75, 3.05) is 0 Å². The van der Waals surface area contributed by atoms with E-state index in [0.29, 0.717) is 11.0 Å². The molecule has 0 spiro atoms. The van der Waals surface area contributed by atoms with E-state index in [9.17, 15) is 4.79 Å². The SMILES string of the molecule is O=c1oc2ccccc2c2ccc(-c3ccc4c5ccccc5n(-c5ccccc5)c4c3)cc12. The minimum Gasteiger partial charge on any atom is -0.422 e. The molecule has 0 fully saturated rings. The van der Waals surface area contributed by atoms with Gasteiger partial charge >= 0.3 is 5.63 Å². The number of para-hydroxylation sites is 3. The summed E-state index contributed by atoms with van der Waals surface area (Å²) in [6.45, 7) is 0. The molecule has 0 aliphatic rings. The molecule has 7 aromatic rings. The first-order valence-electron chi connectivity index (χ1n) is 11.3. The molecule has 3 heteroatoms. The number of fused-ring (bicyclic) bond motifs is 6.